The van der Waals surface area contributed by atoms with Gasteiger partial charge < -0.3 is 4.90 Å². The Kier molecular flexibility index (Phi) is 5.29. The van der Waals surface area contributed by atoms with Crippen LogP contribution in [0.3, 0.4) is 0 Å². The zero-order valence-corrected chi connectivity index (χ0v) is 15.4. The number of likely N-dealkylation sites (tertiary alicyclic amines) is 1. The second-order valence-electron chi connectivity index (χ2n) is 5.76. The fourth-order valence-electron chi connectivity index (χ4n) is 2.74. The Morgan fingerprint density at radius 1 is 1.32 bits per heavy atom. The van der Waals surface area contributed by atoms with Crippen molar-refractivity contribution >= 4 is 31.9 Å². The average Bonchev–Trinajstić information content (AvgIpc) is 2.45. The first-order valence-electron chi connectivity index (χ1n) is 7.18. The highest BCUT2D eigenvalue weighted by Gasteiger charge is 2.29. The molecule has 0 spiro atoms. The molecule has 1 aromatic rings. The Labute approximate surface area is 140 Å². The Hall–Kier alpha value is -0.920. The van der Waals surface area contributed by atoms with Gasteiger partial charge in [0, 0.05) is 36.2 Å². The lowest BCUT2D eigenvalue weighted by molar-refractivity contribution is 0.0685. The molecule has 0 N–H and O–H groups in total. The summed E-state index contributed by atoms with van der Waals surface area (Å²) < 4.78 is 25.5. The van der Waals surface area contributed by atoms with Gasteiger partial charge in [0.15, 0.2) is 0 Å². The van der Waals surface area contributed by atoms with Crippen LogP contribution in [0.2, 0.25) is 0 Å². The lowest BCUT2D eigenvalue weighted by Crippen LogP contribution is -2.47. The van der Waals surface area contributed by atoms with Gasteiger partial charge in [-0.1, -0.05) is 15.9 Å². The molecule has 1 fully saturated rings. The average molecular weight is 389 g/mol. The quantitative estimate of drug-likeness (QED) is 0.797. The number of carbonyl (C=O) groups excluding carboxylic acids is 1. The molecule has 7 heteroatoms. The van der Waals surface area contributed by atoms with E-state index < -0.39 is 10.0 Å². The summed E-state index contributed by atoms with van der Waals surface area (Å²) in [5.74, 6) is 0.0189. The van der Waals surface area contributed by atoms with Crippen molar-refractivity contribution in [1.29, 1.82) is 0 Å². The summed E-state index contributed by atoms with van der Waals surface area (Å²) in [6, 6.07) is 5.60. The molecule has 5 nitrogen and oxygen atoms in total. The predicted octanol–water partition coefficient (Wildman–Crippen LogP) is 2.25. The Morgan fingerprint density at radius 3 is 2.41 bits per heavy atom. The minimum atomic E-state index is -3.18. The maximum absolute atomic E-state index is 12.6. The first-order chi connectivity index (χ1) is 10.2. The van der Waals surface area contributed by atoms with E-state index in [0.29, 0.717) is 31.5 Å². The molecule has 0 bridgehead atoms. The van der Waals surface area contributed by atoms with Crippen LogP contribution in [-0.2, 0) is 10.0 Å². The number of piperidine rings is 1. The van der Waals surface area contributed by atoms with Gasteiger partial charge in [0.05, 0.1) is 6.26 Å². The highest BCUT2D eigenvalue weighted by Crippen LogP contribution is 2.22. The molecule has 1 saturated heterocycles. The van der Waals surface area contributed by atoms with E-state index in [0.717, 1.165) is 10.0 Å². The van der Waals surface area contributed by atoms with Gasteiger partial charge in [0.25, 0.3) is 5.91 Å². The highest BCUT2D eigenvalue weighted by molar-refractivity contribution is 9.10. The van der Waals surface area contributed by atoms with E-state index in [1.165, 1.54) is 10.6 Å². The van der Waals surface area contributed by atoms with Crippen LogP contribution in [0.1, 0.15) is 28.8 Å². The zero-order chi connectivity index (χ0) is 16.5. The first kappa shape index (κ1) is 17.4. The van der Waals surface area contributed by atoms with Crippen LogP contribution in [-0.4, -0.2) is 56.0 Å². The summed E-state index contributed by atoms with van der Waals surface area (Å²) in [5, 5.41) is 0. The molecule has 0 aliphatic carbocycles. The van der Waals surface area contributed by atoms with Crippen LogP contribution in [0.15, 0.2) is 22.7 Å². The molecular weight excluding hydrogens is 368 g/mol. The van der Waals surface area contributed by atoms with E-state index in [-0.39, 0.29) is 11.9 Å². The Bertz CT molecular complexity index is 667. The fraction of sp³-hybridized carbons (Fsp3) is 0.533. The van der Waals surface area contributed by atoms with Crippen molar-refractivity contribution in [2.45, 2.75) is 25.8 Å². The summed E-state index contributed by atoms with van der Waals surface area (Å²) in [4.78, 5) is 14.4. The predicted molar refractivity (Wildman–Crippen MR) is 90.4 cm³/mol. The van der Waals surface area contributed by atoms with Crippen LogP contribution in [0, 0.1) is 6.92 Å². The molecule has 0 radical (unpaired) electrons. The van der Waals surface area contributed by atoms with Gasteiger partial charge >= 0.3 is 0 Å². The van der Waals surface area contributed by atoms with Crippen molar-refractivity contribution < 1.29 is 13.2 Å². The molecule has 0 unspecified atom stereocenters. The molecule has 1 aliphatic rings. The van der Waals surface area contributed by atoms with Gasteiger partial charge in [0.1, 0.15) is 0 Å². The van der Waals surface area contributed by atoms with Crippen molar-refractivity contribution in [2.24, 2.45) is 0 Å². The van der Waals surface area contributed by atoms with Crippen molar-refractivity contribution in [3.8, 4) is 0 Å². The third-order valence-corrected chi connectivity index (χ3v) is 6.05. The Morgan fingerprint density at radius 2 is 1.91 bits per heavy atom. The number of benzene rings is 1. The number of amides is 1. The van der Waals surface area contributed by atoms with Gasteiger partial charge in [-0.25, -0.2) is 12.7 Å². The summed E-state index contributed by atoms with van der Waals surface area (Å²) >= 11 is 3.40. The third kappa shape index (κ3) is 3.88. The SMILES string of the molecule is Cc1cc(Br)ccc1C(=O)N1CCC(N(C)S(C)(=O)=O)CC1. The first-order valence-corrected chi connectivity index (χ1v) is 9.82. The topological polar surface area (TPSA) is 57.7 Å². The molecule has 0 saturated carbocycles. The molecule has 122 valence electrons. The van der Waals surface area contributed by atoms with Crippen LogP contribution in [0.5, 0.6) is 0 Å². The van der Waals surface area contributed by atoms with Gasteiger partial charge in [-0.05, 0) is 43.5 Å². The summed E-state index contributed by atoms with van der Waals surface area (Å²) in [5.41, 5.74) is 1.65. The van der Waals surface area contributed by atoms with Crippen molar-refractivity contribution in [3.63, 3.8) is 0 Å². The van der Waals surface area contributed by atoms with Gasteiger partial charge in [-0.3, -0.25) is 4.79 Å². The largest absolute Gasteiger partial charge is 0.339 e. The fourth-order valence-corrected chi connectivity index (χ4v) is 3.97. The molecule has 22 heavy (non-hydrogen) atoms. The number of nitrogens with zero attached hydrogens (tertiary/aromatic N) is 2. The molecule has 0 atom stereocenters. The lowest BCUT2D eigenvalue weighted by Gasteiger charge is -2.35. The maximum Gasteiger partial charge on any atom is 0.254 e. The minimum absolute atomic E-state index is 0.0189. The van der Waals surface area contributed by atoms with E-state index in [9.17, 15) is 13.2 Å². The van der Waals surface area contributed by atoms with Crippen LogP contribution >= 0.6 is 15.9 Å². The van der Waals surface area contributed by atoms with Crippen molar-refractivity contribution in [2.75, 3.05) is 26.4 Å². The van der Waals surface area contributed by atoms with Crippen molar-refractivity contribution in [3.05, 3.63) is 33.8 Å². The maximum atomic E-state index is 12.6. The summed E-state index contributed by atoms with van der Waals surface area (Å²) in [6.07, 6.45) is 2.56. The van der Waals surface area contributed by atoms with E-state index >= 15 is 0 Å². The van der Waals surface area contributed by atoms with E-state index in [1.54, 1.807) is 7.05 Å². The number of aryl methyl sites for hydroxylation is 1. The molecule has 1 aliphatic heterocycles. The monoisotopic (exact) mass is 388 g/mol. The van der Waals surface area contributed by atoms with Crippen LogP contribution < -0.4 is 0 Å². The molecule has 1 heterocycles. The lowest BCUT2D eigenvalue weighted by atomic mass is 10.0. The van der Waals surface area contributed by atoms with E-state index in [4.69, 9.17) is 0 Å². The van der Waals surface area contributed by atoms with Crippen LogP contribution in [0.4, 0.5) is 0 Å². The molecule has 2 rings (SSSR count). The molecule has 1 amide bonds. The Balaban J connectivity index is 2.04. The van der Waals surface area contributed by atoms with Crippen LogP contribution in [0.25, 0.3) is 0 Å². The highest BCUT2D eigenvalue weighted by atomic mass is 79.9. The standard InChI is InChI=1S/C15H21BrN2O3S/c1-11-10-12(16)4-5-14(11)15(19)18-8-6-13(7-9-18)17(2)22(3,20)21/h4-5,10,13H,6-9H2,1-3H3. The summed E-state index contributed by atoms with van der Waals surface area (Å²) in [7, 11) is -1.57. The zero-order valence-electron chi connectivity index (χ0n) is 13.0. The molecular formula is C15H21BrN2O3S. The second-order valence-corrected chi connectivity index (χ2v) is 8.72. The number of carbonyl (C=O) groups is 1. The van der Waals surface area contributed by atoms with E-state index in [1.807, 2.05) is 30.0 Å². The smallest absolute Gasteiger partial charge is 0.254 e. The third-order valence-electron chi connectivity index (χ3n) is 4.21. The summed E-state index contributed by atoms with van der Waals surface area (Å²) in [6.45, 7) is 3.08. The van der Waals surface area contributed by atoms with Gasteiger partial charge in [-0.2, -0.15) is 0 Å². The van der Waals surface area contributed by atoms with Gasteiger partial charge in [0.2, 0.25) is 10.0 Å². The molecule has 0 aromatic heterocycles. The normalized spacial score (nSPS) is 17.0. The number of sulfonamides is 1. The van der Waals surface area contributed by atoms with Gasteiger partial charge in [-0.15, -0.1) is 0 Å². The van der Waals surface area contributed by atoms with E-state index in [2.05, 4.69) is 15.9 Å². The number of halogens is 1. The number of rotatable bonds is 3. The number of hydrogen-bond donors (Lipinski definition) is 0. The molecule has 1 aromatic carbocycles. The van der Waals surface area contributed by atoms with Crippen molar-refractivity contribution in [1.82, 2.24) is 9.21 Å². The minimum Gasteiger partial charge on any atom is -0.339 e. The second kappa shape index (κ2) is 6.68. The number of hydrogen-bond acceptors (Lipinski definition) is 3.